The topological polar surface area (TPSA) is 103 Å². The van der Waals surface area contributed by atoms with Gasteiger partial charge in [-0.2, -0.15) is 19.6 Å². The summed E-state index contributed by atoms with van der Waals surface area (Å²) in [5, 5.41) is 3.76. The number of nitrogens with zero attached hydrogens (tertiary/aromatic N) is 4. The number of rotatable bonds is 2. The van der Waals surface area contributed by atoms with Crippen molar-refractivity contribution in [2.75, 3.05) is 12.0 Å². The maximum Gasteiger partial charge on any atom is 0.252 e. The highest BCUT2D eigenvalue weighted by molar-refractivity contribution is 7.90. The number of sulfone groups is 1. The van der Waals surface area contributed by atoms with E-state index in [1.165, 1.54) is 4.52 Å². The van der Waals surface area contributed by atoms with Crippen molar-refractivity contribution in [1.82, 2.24) is 19.6 Å². The van der Waals surface area contributed by atoms with E-state index in [0.29, 0.717) is 5.65 Å². The Kier molecular flexibility index (Phi) is 2.53. The van der Waals surface area contributed by atoms with E-state index >= 15 is 0 Å². The zero-order valence-electron chi connectivity index (χ0n) is 9.75. The zero-order valence-corrected chi connectivity index (χ0v) is 10.6. The minimum absolute atomic E-state index is 0.0160. The first-order valence-electron chi connectivity index (χ1n) is 5.02. The Morgan fingerprint density at radius 2 is 2.00 bits per heavy atom. The second-order valence-electron chi connectivity index (χ2n) is 4.13. The summed E-state index contributed by atoms with van der Waals surface area (Å²) in [5.41, 5.74) is 6.93. The van der Waals surface area contributed by atoms with Crippen LogP contribution in [0.5, 0.6) is 0 Å². The zero-order chi connectivity index (χ0) is 12.8. The smallest absolute Gasteiger partial charge is 0.252 e. The Hall–Kier alpha value is -1.70. The Morgan fingerprint density at radius 1 is 1.35 bits per heavy atom. The molecule has 0 atom stereocenters. The molecule has 0 saturated heterocycles. The van der Waals surface area contributed by atoms with Crippen molar-refractivity contribution in [3.05, 3.63) is 11.8 Å². The van der Waals surface area contributed by atoms with Crippen molar-refractivity contribution >= 4 is 21.4 Å². The first kappa shape index (κ1) is 11.8. The van der Waals surface area contributed by atoms with Gasteiger partial charge in [-0.3, -0.25) is 0 Å². The summed E-state index contributed by atoms with van der Waals surface area (Å²) in [6, 6.07) is 0. The summed E-state index contributed by atoms with van der Waals surface area (Å²) in [6.07, 6.45) is 2.67. The van der Waals surface area contributed by atoms with Gasteiger partial charge in [-0.15, -0.1) is 0 Å². The average molecular weight is 255 g/mol. The highest BCUT2D eigenvalue weighted by Gasteiger charge is 2.18. The van der Waals surface area contributed by atoms with Gasteiger partial charge in [0.1, 0.15) is 0 Å². The van der Waals surface area contributed by atoms with Crippen LogP contribution in [-0.2, 0) is 9.84 Å². The third kappa shape index (κ3) is 1.95. The molecule has 2 aromatic rings. The summed E-state index contributed by atoms with van der Waals surface area (Å²) in [5.74, 6) is 0.191. The van der Waals surface area contributed by atoms with Crippen molar-refractivity contribution < 1.29 is 8.42 Å². The molecular weight excluding hydrogens is 242 g/mol. The lowest BCUT2D eigenvalue weighted by molar-refractivity contribution is 0.592. The second kappa shape index (κ2) is 3.66. The predicted molar refractivity (Wildman–Crippen MR) is 62.4 cm³/mol. The van der Waals surface area contributed by atoms with Crippen LogP contribution in [0.2, 0.25) is 0 Å². The Balaban J connectivity index is 2.83. The lowest BCUT2D eigenvalue weighted by Gasteiger charge is -2.04. The quantitative estimate of drug-likeness (QED) is 0.824. The van der Waals surface area contributed by atoms with E-state index in [2.05, 4.69) is 15.1 Å². The van der Waals surface area contributed by atoms with Crippen molar-refractivity contribution in [3.63, 3.8) is 0 Å². The van der Waals surface area contributed by atoms with Crippen molar-refractivity contribution in [2.45, 2.75) is 24.9 Å². The van der Waals surface area contributed by atoms with Crippen LogP contribution in [0.25, 0.3) is 5.65 Å². The molecule has 92 valence electrons. The van der Waals surface area contributed by atoms with E-state index < -0.39 is 9.84 Å². The molecule has 0 aliphatic carbocycles. The van der Waals surface area contributed by atoms with Gasteiger partial charge >= 0.3 is 0 Å². The summed E-state index contributed by atoms with van der Waals surface area (Å²) in [6.45, 7) is 3.94. The van der Waals surface area contributed by atoms with Crippen molar-refractivity contribution in [3.8, 4) is 0 Å². The van der Waals surface area contributed by atoms with Gasteiger partial charge in [-0.05, 0) is 5.92 Å². The maximum atomic E-state index is 11.4. The summed E-state index contributed by atoms with van der Waals surface area (Å²) in [7, 11) is -3.48. The van der Waals surface area contributed by atoms with Gasteiger partial charge in [0.25, 0.3) is 5.16 Å². The normalized spacial score (nSPS) is 12.5. The van der Waals surface area contributed by atoms with Crippen molar-refractivity contribution in [1.29, 1.82) is 0 Å². The molecule has 7 nitrogen and oxygen atoms in total. The van der Waals surface area contributed by atoms with Crippen LogP contribution < -0.4 is 5.73 Å². The lowest BCUT2D eigenvalue weighted by Crippen LogP contribution is -2.11. The van der Waals surface area contributed by atoms with Gasteiger partial charge in [0.2, 0.25) is 15.8 Å². The minimum atomic E-state index is -3.48. The molecule has 2 rings (SSSR count). The molecule has 0 amide bonds. The third-order valence-electron chi connectivity index (χ3n) is 2.35. The molecule has 0 aliphatic rings. The van der Waals surface area contributed by atoms with E-state index in [4.69, 9.17) is 5.73 Å². The standard InChI is InChI=1S/C9H13N5O2S/c1-5(2)6-4-11-14-7(6)12-9(13-8(14)10)17(3,15)16/h4-5H,1-3H3,(H2,10,12,13). The fraction of sp³-hybridized carbons (Fsp3) is 0.444. The second-order valence-corrected chi connectivity index (χ2v) is 6.04. The van der Waals surface area contributed by atoms with E-state index in [1.54, 1.807) is 6.20 Å². The van der Waals surface area contributed by atoms with E-state index in [9.17, 15) is 8.42 Å². The first-order valence-corrected chi connectivity index (χ1v) is 6.91. The van der Waals surface area contributed by atoms with Gasteiger partial charge < -0.3 is 5.73 Å². The highest BCUT2D eigenvalue weighted by Crippen LogP contribution is 2.20. The molecule has 0 fully saturated rings. The average Bonchev–Trinajstić information content (AvgIpc) is 2.60. The van der Waals surface area contributed by atoms with Crippen molar-refractivity contribution in [2.24, 2.45) is 0 Å². The molecule has 0 saturated carbocycles. The molecule has 0 bridgehead atoms. The number of hydrogen-bond acceptors (Lipinski definition) is 6. The molecule has 8 heteroatoms. The number of aromatic nitrogens is 4. The number of fused-ring (bicyclic) bond motifs is 1. The van der Waals surface area contributed by atoms with Crippen LogP contribution in [0.1, 0.15) is 25.3 Å². The molecular formula is C9H13N5O2S. The fourth-order valence-electron chi connectivity index (χ4n) is 1.47. The minimum Gasteiger partial charge on any atom is -0.368 e. The van der Waals surface area contributed by atoms with Crippen LogP contribution in [0, 0.1) is 0 Å². The van der Waals surface area contributed by atoms with Gasteiger partial charge in [-0.25, -0.2) is 8.42 Å². The largest absolute Gasteiger partial charge is 0.368 e. The molecule has 2 heterocycles. The summed E-state index contributed by atoms with van der Waals surface area (Å²) >= 11 is 0. The number of nitrogens with two attached hydrogens (primary N) is 1. The summed E-state index contributed by atoms with van der Waals surface area (Å²) in [4.78, 5) is 7.73. The fourth-order valence-corrected chi connectivity index (χ4v) is 1.98. The van der Waals surface area contributed by atoms with Gasteiger partial charge in [0.15, 0.2) is 5.65 Å². The molecule has 0 aromatic carbocycles. The van der Waals surface area contributed by atoms with Crippen LogP contribution >= 0.6 is 0 Å². The number of anilines is 1. The van der Waals surface area contributed by atoms with Gasteiger partial charge in [-0.1, -0.05) is 13.8 Å². The number of hydrogen-bond donors (Lipinski definition) is 1. The highest BCUT2D eigenvalue weighted by atomic mass is 32.2. The molecule has 2 N–H and O–H groups in total. The Bertz CT molecular complexity index is 674. The van der Waals surface area contributed by atoms with E-state index in [1.807, 2.05) is 13.8 Å². The van der Waals surface area contributed by atoms with Crippen LogP contribution in [0.3, 0.4) is 0 Å². The first-order chi connectivity index (χ1) is 7.80. The molecule has 0 unspecified atom stereocenters. The van der Waals surface area contributed by atoms with Gasteiger partial charge in [0.05, 0.1) is 6.20 Å². The van der Waals surface area contributed by atoms with Crippen LogP contribution in [-0.4, -0.2) is 34.3 Å². The van der Waals surface area contributed by atoms with E-state index in [-0.39, 0.29) is 17.0 Å². The van der Waals surface area contributed by atoms with E-state index in [0.717, 1.165) is 11.8 Å². The Labute approximate surface area is 98.6 Å². The molecule has 0 aliphatic heterocycles. The SMILES string of the molecule is CC(C)c1cnn2c(N)nc(S(C)(=O)=O)nc12. The molecule has 17 heavy (non-hydrogen) atoms. The molecule has 0 spiro atoms. The molecule has 0 radical (unpaired) electrons. The van der Waals surface area contributed by atoms with Crippen LogP contribution in [0.15, 0.2) is 11.4 Å². The monoisotopic (exact) mass is 255 g/mol. The maximum absolute atomic E-state index is 11.4. The molecule has 2 aromatic heterocycles. The van der Waals surface area contributed by atoms with Gasteiger partial charge in [0, 0.05) is 11.8 Å². The lowest BCUT2D eigenvalue weighted by atomic mass is 10.1. The number of nitrogen functional groups attached to an aromatic ring is 1. The third-order valence-corrected chi connectivity index (χ3v) is 3.20. The van der Waals surface area contributed by atoms with Crippen LogP contribution in [0.4, 0.5) is 5.95 Å². The predicted octanol–water partition coefficient (Wildman–Crippen LogP) is 0.233. The summed E-state index contributed by atoms with van der Waals surface area (Å²) < 4.78 is 24.2. The Morgan fingerprint density at radius 3 is 2.53 bits per heavy atom.